The van der Waals surface area contributed by atoms with Gasteiger partial charge in [-0.15, -0.1) is 10.2 Å². The van der Waals surface area contributed by atoms with Crippen LogP contribution in [0.4, 0.5) is 4.79 Å². The van der Waals surface area contributed by atoms with Crippen LogP contribution in [0.5, 0.6) is 5.75 Å². The zero-order valence-electron chi connectivity index (χ0n) is 16.8. The van der Waals surface area contributed by atoms with Crippen LogP contribution >= 0.6 is 11.9 Å². The number of ether oxygens (including phenoxy) is 1. The number of carbonyl (C=O) groups is 2. The normalized spacial score (nSPS) is 10.6. The van der Waals surface area contributed by atoms with E-state index in [9.17, 15) is 9.59 Å². The van der Waals surface area contributed by atoms with Crippen LogP contribution < -0.4 is 14.8 Å². The lowest BCUT2D eigenvalue weighted by atomic mass is 10.2. The average molecular weight is 433 g/mol. The minimum Gasteiger partial charge on any atom is -0.497 e. The Hall–Kier alpha value is -3.85. The monoisotopic (exact) mass is 433 g/mol. The number of para-hydroxylation sites is 1. The smallest absolute Gasteiger partial charge is 0.331 e. The Morgan fingerprint density at radius 2 is 1.65 bits per heavy atom. The predicted octanol–water partition coefficient (Wildman–Crippen LogP) is 3.88. The summed E-state index contributed by atoms with van der Waals surface area (Å²) in [5.74, 6) is 0.130. The van der Waals surface area contributed by atoms with E-state index in [0.29, 0.717) is 16.8 Å². The van der Waals surface area contributed by atoms with Crippen molar-refractivity contribution in [2.24, 2.45) is 0 Å². The van der Waals surface area contributed by atoms with Crippen molar-refractivity contribution in [2.45, 2.75) is 11.8 Å². The SMILES string of the molecule is COc1ccc(C(=O)NC(=O)NSc2cc3nn(-c4ccccc4)nc3cc2C)cc1. The van der Waals surface area contributed by atoms with Gasteiger partial charge in [0.25, 0.3) is 5.91 Å². The molecule has 1 aromatic heterocycles. The lowest BCUT2D eigenvalue weighted by Crippen LogP contribution is -2.36. The van der Waals surface area contributed by atoms with Crippen LogP contribution in [0.1, 0.15) is 15.9 Å². The molecule has 0 saturated heterocycles. The second kappa shape index (κ2) is 8.88. The number of aryl methyl sites for hydroxylation is 1. The molecule has 0 spiro atoms. The molecular formula is C22H19N5O3S. The summed E-state index contributed by atoms with van der Waals surface area (Å²) in [6.07, 6.45) is 0. The molecule has 0 aliphatic rings. The Kier molecular flexibility index (Phi) is 5.85. The van der Waals surface area contributed by atoms with Crippen LogP contribution in [0.25, 0.3) is 16.7 Å². The van der Waals surface area contributed by atoms with Crippen molar-refractivity contribution in [3.05, 3.63) is 77.9 Å². The highest BCUT2D eigenvalue weighted by Crippen LogP contribution is 2.25. The van der Waals surface area contributed by atoms with Crippen LogP contribution in [-0.4, -0.2) is 34.0 Å². The second-order valence-electron chi connectivity index (χ2n) is 6.65. The van der Waals surface area contributed by atoms with Gasteiger partial charge in [0, 0.05) is 10.5 Å². The summed E-state index contributed by atoms with van der Waals surface area (Å²) in [5, 5.41) is 11.3. The second-order valence-corrected chi connectivity index (χ2v) is 7.50. The molecule has 156 valence electrons. The highest BCUT2D eigenvalue weighted by Gasteiger charge is 2.13. The minimum absolute atomic E-state index is 0.357. The van der Waals surface area contributed by atoms with Gasteiger partial charge in [0.15, 0.2) is 0 Å². The first-order chi connectivity index (χ1) is 15.0. The van der Waals surface area contributed by atoms with Crippen LogP contribution in [-0.2, 0) is 0 Å². The van der Waals surface area contributed by atoms with Crippen LogP contribution in [0.2, 0.25) is 0 Å². The average Bonchev–Trinajstić information content (AvgIpc) is 3.21. The third-order valence-electron chi connectivity index (χ3n) is 4.50. The first kappa shape index (κ1) is 20.4. The molecular weight excluding hydrogens is 414 g/mol. The largest absolute Gasteiger partial charge is 0.497 e. The number of methoxy groups -OCH3 is 1. The Morgan fingerprint density at radius 1 is 0.968 bits per heavy atom. The molecule has 0 aliphatic heterocycles. The maximum Gasteiger partial charge on any atom is 0.331 e. The molecule has 0 unspecified atom stereocenters. The molecule has 3 aromatic carbocycles. The number of nitrogens with zero attached hydrogens (tertiary/aromatic N) is 3. The van der Waals surface area contributed by atoms with Crippen molar-refractivity contribution in [3.63, 3.8) is 0 Å². The number of amides is 3. The van der Waals surface area contributed by atoms with Crippen molar-refractivity contribution in [1.29, 1.82) is 0 Å². The van der Waals surface area contributed by atoms with E-state index in [0.717, 1.165) is 33.6 Å². The molecule has 3 amide bonds. The van der Waals surface area contributed by atoms with E-state index in [1.807, 2.05) is 49.4 Å². The molecule has 8 nitrogen and oxygen atoms in total. The van der Waals surface area contributed by atoms with Crippen molar-refractivity contribution in [2.75, 3.05) is 7.11 Å². The Balaban J connectivity index is 1.42. The third-order valence-corrected chi connectivity index (χ3v) is 5.44. The molecule has 31 heavy (non-hydrogen) atoms. The molecule has 0 saturated carbocycles. The molecule has 0 aliphatic carbocycles. The van der Waals surface area contributed by atoms with Gasteiger partial charge in [-0.2, -0.15) is 4.80 Å². The van der Waals surface area contributed by atoms with Gasteiger partial charge in [0.2, 0.25) is 0 Å². The zero-order valence-corrected chi connectivity index (χ0v) is 17.6. The van der Waals surface area contributed by atoms with Gasteiger partial charge in [-0.05, 0) is 73.0 Å². The fourth-order valence-corrected chi connectivity index (χ4v) is 3.52. The van der Waals surface area contributed by atoms with Gasteiger partial charge < -0.3 is 4.74 Å². The van der Waals surface area contributed by atoms with E-state index in [1.54, 1.807) is 36.2 Å². The minimum atomic E-state index is -0.613. The summed E-state index contributed by atoms with van der Waals surface area (Å²) in [6, 6.07) is 19.3. The van der Waals surface area contributed by atoms with Crippen LogP contribution in [0.3, 0.4) is 0 Å². The number of imide groups is 1. The lowest BCUT2D eigenvalue weighted by Gasteiger charge is -2.08. The number of urea groups is 1. The summed E-state index contributed by atoms with van der Waals surface area (Å²) in [5.41, 5.74) is 3.61. The molecule has 0 atom stereocenters. The summed E-state index contributed by atoms with van der Waals surface area (Å²) in [4.78, 5) is 26.7. The maximum absolute atomic E-state index is 12.2. The van der Waals surface area contributed by atoms with Gasteiger partial charge in [-0.1, -0.05) is 18.2 Å². The van der Waals surface area contributed by atoms with E-state index in [2.05, 4.69) is 20.2 Å². The van der Waals surface area contributed by atoms with Gasteiger partial charge in [-0.3, -0.25) is 14.8 Å². The third kappa shape index (κ3) is 4.67. The van der Waals surface area contributed by atoms with Crippen molar-refractivity contribution in [3.8, 4) is 11.4 Å². The molecule has 0 bridgehead atoms. The van der Waals surface area contributed by atoms with Crippen LogP contribution in [0.15, 0.2) is 71.6 Å². The highest BCUT2D eigenvalue weighted by atomic mass is 32.2. The molecule has 4 aromatic rings. The first-order valence-electron chi connectivity index (χ1n) is 9.39. The lowest BCUT2D eigenvalue weighted by molar-refractivity contribution is 0.0965. The molecule has 1 heterocycles. The number of hydrogen-bond donors (Lipinski definition) is 2. The topological polar surface area (TPSA) is 98.1 Å². The number of carbonyl (C=O) groups excluding carboxylic acids is 2. The molecule has 2 N–H and O–H groups in total. The standard InChI is InChI=1S/C22H19N5O3S/c1-14-12-18-19(25-27(24-18)16-6-4-3-5-7-16)13-20(14)31-26-22(29)23-21(28)15-8-10-17(30-2)11-9-15/h3-13H,1-2H3,(H2,23,26,28,29). The Morgan fingerprint density at radius 3 is 2.32 bits per heavy atom. The molecule has 0 radical (unpaired) electrons. The highest BCUT2D eigenvalue weighted by molar-refractivity contribution is 7.98. The van der Waals surface area contributed by atoms with E-state index < -0.39 is 11.9 Å². The predicted molar refractivity (Wildman–Crippen MR) is 118 cm³/mol. The summed E-state index contributed by atoms with van der Waals surface area (Å²) >= 11 is 1.11. The Labute approximate surface area is 182 Å². The Bertz CT molecular complexity index is 1240. The van der Waals surface area contributed by atoms with Crippen molar-refractivity contribution < 1.29 is 14.3 Å². The molecule has 4 rings (SSSR count). The number of benzene rings is 3. The number of fused-ring (bicyclic) bond motifs is 1. The number of aromatic nitrogens is 3. The first-order valence-corrected chi connectivity index (χ1v) is 10.2. The van der Waals surface area contributed by atoms with E-state index in [-0.39, 0.29) is 0 Å². The summed E-state index contributed by atoms with van der Waals surface area (Å²) in [6.45, 7) is 1.92. The van der Waals surface area contributed by atoms with Crippen LogP contribution in [0, 0.1) is 6.92 Å². The molecule has 0 fully saturated rings. The van der Waals surface area contributed by atoms with E-state index >= 15 is 0 Å². The maximum atomic E-state index is 12.2. The summed E-state index contributed by atoms with van der Waals surface area (Å²) < 4.78 is 7.69. The van der Waals surface area contributed by atoms with Crippen molar-refractivity contribution >= 4 is 34.9 Å². The van der Waals surface area contributed by atoms with E-state index in [4.69, 9.17) is 4.74 Å². The summed E-state index contributed by atoms with van der Waals surface area (Å²) in [7, 11) is 1.54. The molecule has 9 heteroatoms. The fourth-order valence-electron chi connectivity index (χ4n) is 2.88. The number of rotatable bonds is 5. The van der Waals surface area contributed by atoms with Gasteiger partial charge in [0.05, 0.1) is 12.8 Å². The van der Waals surface area contributed by atoms with Gasteiger partial charge in [0.1, 0.15) is 16.8 Å². The number of nitrogens with one attached hydrogen (secondary N) is 2. The fraction of sp³-hybridized carbons (Fsp3) is 0.0909. The quantitative estimate of drug-likeness (QED) is 0.464. The number of hydrogen-bond acceptors (Lipinski definition) is 6. The van der Waals surface area contributed by atoms with Gasteiger partial charge in [-0.25, -0.2) is 4.79 Å². The van der Waals surface area contributed by atoms with Crippen molar-refractivity contribution in [1.82, 2.24) is 25.0 Å². The zero-order chi connectivity index (χ0) is 21.8. The van der Waals surface area contributed by atoms with Gasteiger partial charge >= 0.3 is 6.03 Å². The van der Waals surface area contributed by atoms with E-state index in [1.165, 1.54) is 0 Å².